The van der Waals surface area contributed by atoms with Crippen molar-refractivity contribution in [2.45, 2.75) is 12.2 Å². The van der Waals surface area contributed by atoms with Gasteiger partial charge in [-0.15, -0.1) is 0 Å². The van der Waals surface area contributed by atoms with Crippen molar-refractivity contribution in [1.82, 2.24) is 10.3 Å². The summed E-state index contributed by atoms with van der Waals surface area (Å²) < 4.78 is 24.3. The van der Waals surface area contributed by atoms with Crippen LogP contribution in [0.2, 0.25) is 0 Å². The van der Waals surface area contributed by atoms with Gasteiger partial charge in [-0.3, -0.25) is 9.59 Å². The van der Waals surface area contributed by atoms with Crippen LogP contribution in [0.1, 0.15) is 11.1 Å². The Morgan fingerprint density at radius 1 is 1.00 bits per heavy atom. The van der Waals surface area contributed by atoms with Crippen LogP contribution < -0.4 is 10.9 Å². The Labute approximate surface area is 157 Å². The van der Waals surface area contributed by atoms with Gasteiger partial charge in [0.2, 0.25) is 5.91 Å². The number of amides is 1. The summed E-state index contributed by atoms with van der Waals surface area (Å²) in [5, 5.41) is 3.42. The van der Waals surface area contributed by atoms with Crippen molar-refractivity contribution in [3.05, 3.63) is 82.1 Å². The van der Waals surface area contributed by atoms with E-state index in [1.165, 1.54) is 0 Å². The molecule has 0 fully saturated rings. The Bertz CT molecular complexity index is 1110. The van der Waals surface area contributed by atoms with Crippen LogP contribution in [-0.2, 0) is 26.8 Å². The Morgan fingerprint density at radius 3 is 2.48 bits per heavy atom. The molecule has 2 N–H and O–H groups in total. The number of fused-ring (bicyclic) bond motifs is 1. The van der Waals surface area contributed by atoms with Crippen LogP contribution in [0.5, 0.6) is 0 Å². The minimum absolute atomic E-state index is 0.0134. The van der Waals surface area contributed by atoms with Crippen LogP contribution in [0.3, 0.4) is 0 Å². The SMILES string of the molecule is O=C(Cc1cc2ccccc2[nH]c1=O)NCCS(=O)(=O)Cc1ccccc1. The van der Waals surface area contributed by atoms with Crippen LogP contribution >= 0.6 is 0 Å². The van der Waals surface area contributed by atoms with Crippen LogP contribution in [-0.4, -0.2) is 31.6 Å². The molecule has 1 aromatic heterocycles. The molecule has 3 aromatic rings. The van der Waals surface area contributed by atoms with Gasteiger partial charge in [0, 0.05) is 17.6 Å². The van der Waals surface area contributed by atoms with Gasteiger partial charge < -0.3 is 10.3 Å². The average molecular weight is 384 g/mol. The van der Waals surface area contributed by atoms with Crippen molar-refractivity contribution in [3.8, 4) is 0 Å². The molecule has 0 bridgehead atoms. The zero-order valence-electron chi connectivity index (χ0n) is 14.6. The molecule has 0 aliphatic carbocycles. The second kappa shape index (κ2) is 8.18. The lowest BCUT2D eigenvalue weighted by molar-refractivity contribution is -0.120. The molecule has 0 atom stereocenters. The normalized spacial score (nSPS) is 11.4. The van der Waals surface area contributed by atoms with Crippen LogP contribution in [0, 0.1) is 0 Å². The number of para-hydroxylation sites is 1. The maximum absolute atomic E-state index is 12.1. The highest BCUT2D eigenvalue weighted by Gasteiger charge is 2.13. The van der Waals surface area contributed by atoms with Gasteiger partial charge in [-0.2, -0.15) is 0 Å². The highest BCUT2D eigenvalue weighted by Crippen LogP contribution is 2.10. The number of carbonyl (C=O) groups excluding carboxylic acids is 1. The van der Waals surface area contributed by atoms with Crippen LogP contribution in [0.15, 0.2) is 65.5 Å². The zero-order valence-corrected chi connectivity index (χ0v) is 15.5. The molecule has 2 aromatic carbocycles. The van der Waals surface area contributed by atoms with Gasteiger partial charge >= 0.3 is 0 Å². The van der Waals surface area contributed by atoms with Gasteiger partial charge in [0.25, 0.3) is 5.56 Å². The lowest BCUT2D eigenvalue weighted by Crippen LogP contribution is -2.32. The summed E-state index contributed by atoms with van der Waals surface area (Å²) in [6.45, 7) is 0.0134. The van der Waals surface area contributed by atoms with Gasteiger partial charge in [0.15, 0.2) is 9.84 Å². The molecule has 0 saturated heterocycles. The minimum Gasteiger partial charge on any atom is -0.355 e. The first-order valence-electron chi connectivity index (χ1n) is 8.55. The first-order valence-corrected chi connectivity index (χ1v) is 10.4. The van der Waals surface area contributed by atoms with E-state index in [0.717, 1.165) is 5.39 Å². The minimum atomic E-state index is -3.32. The van der Waals surface area contributed by atoms with Gasteiger partial charge in [-0.05, 0) is 23.1 Å². The standard InChI is InChI=1S/C20H20N2O4S/c23-19(13-17-12-16-8-4-5-9-18(16)22-20(17)24)21-10-11-27(25,26)14-15-6-2-1-3-7-15/h1-9,12H,10-11,13-14H2,(H,21,23)(H,22,24). The Kier molecular flexibility index (Phi) is 5.71. The molecular weight excluding hydrogens is 364 g/mol. The predicted molar refractivity (Wildman–Crippen MR) is 105 cm³/mol. The number of pyridine rings is 1. The first-order chi connectivity index (χ1) is 12.9. The molecule has 0 spiro atoms. The highest BCUT2D eigenvalue weighted by atomic mass is 32.2. The number of carbonyl (C=O) groups is 1. The van der Waals surface area contributed by atoms with E-state index in [-0.39, 0.29) is 35.9 Å². The fraction of sp³-hybridized carbons (Fsp3) is 0.200. The second-order valence-electron chi connectivity index (χ2n) is 6.32. The molecule has 1 heterocycles. The molecular formula is C20H20N2O4S. The van der Waals surface area contributed by atoms with Crippen molar-refractivity contribution >= 4 is 26.6 Å². The van der Waals surface area contributed by atoms with E-state index in [0.29, 0.717) is 16.6 Å². The summed E-state index contributed by atoms with van der Waals surface area (Å²) in [4.78, 5) is 26.9. The van der Waals surface area contributed by atoms with Crippen molar-refractivity contribution in [2.24, 2.45) is 0 Å². The smallest absolute Gasteiger partial charge is 0.252 e. The molecule has 6 nitrogen and oxygen atoms in total. The van der Waals surface area contributed by atoms with E-state index in [1.807, 2.05) is 24.3 Å². The molecule has 0 unspecified atom stereocenters. The summed E-state index contributed by atoms with van der Waals surface area (Å²) in [5.74, 6) is -0.596. The first kappa shape index (κ1) is 18.8. The fourth-order valence-electron chi connectivity index (χ4n) is 2.81. The van der Waals surface area contributed by atoms with Gasteiger partial charge in [0.05, 0.1) is 17.9 Å². The summed E-state index contributed by atoms with van der Waals surface area (Å²) in [7, 11) is -3.32. The molecule has 0 aliphatic heterocycles. The number of hydrogen-bond acceptors (Lipinski definition) is 4. The Hall–Kier alpha value is -2.93. The summed E-state index contributed by atoms with van der Waals surface area (Å²) >= 11 is 0. The quantitative estimate of drug-likeness (QED) is 0.649. The predicted octanol–water partition coefficient (Wildman–Crippen LogP) is 1.80. The Morgan fingerprint density at radius 2 is 1.70 bits per heavy atom. The lowest BCUT2D eigenvalue weighted by atomic mass is 10.1. The second-order valence-corrected chi connectivity index (χ2v) is 8.50. The Balaban J connectivity index is 1.55. The molecule has 0 radical (unpaired) electrons. The lowest BCUT2D eigenvalue weighted by Gasteiger charge is -2.07. The fourth-order valence-corrected chi connectivity index (χ4v) is 4.06. The van der Waals surface area contributed by atoms with Gasteiger partial charge in [-0.25, -0.2) is 8.42 Å². The largest absolute Gasteiger partial charge is 0.355 e. The molecule has 0 saturated carbocycles. The van der Waals surface area contributed by atoms with E-state index >= 15 is 0 Å². The van der Waals surface area contributed by atoms with Crippen molar-refractivity contribution < 1.29 is 13.2 Å². The van der Waals surface area contributed by atoms with Gasteiger partial charge in [-0.1, -0.05) is 48.5 Å². The van der Waals surface area contributed by atoms with E-state index in [4.69, 9.17) is 0 Å². The molecule has 140 valence electrons. The maximum Gasteiger partial charge on any atom is 0.252 e. The van der Waals surface area contributed by atoms with Crippen LogP contribution in [0.4, 0.5) is 0 Å². The van der Waals surface area contributed by atoms with E-state index in [9.17, 15) is 18.0 Å². The van der Waals surface area contributed by atoms with Crippen molar-refractivity contribution in [2.75, 3.05) is 12.3 Å². The van der Waals surface area contributed by atoms with Crippen LogP contribution in [0.25, 0.3) is 10.9 Å². The third-order valence-corrected chi connectivity index (χ3v) is 5.75. The van der Waals surface area contributed by atoms with E-state index < -0.39 is 9.84 Å². The maximum atomic E-state index is 12.1. The van der Waals surface area contributed by atoms with Crippen molar-refractivity contribution in [1.29, 1.82) is 0 Å². The van der Waals surface area contributed by atoms with E-state index in [2.05, 4.69) is 10.3 Å². The summed E-state index contributed by atoms with van der Waals surface area (Å²) in [5.41, 5.74) is 1.45. The van der Waals surface area contributed by atoms with Gasteiger partial charge in [0.1, 0.15) is 0 Å². The molecule has 0 aliphatic rings. The number of aromatic amines is 1. The third kappa shape index (κ3) is 5.27. The molecule has 1 amide bonds. The zero-order chi connectivity index (χ0) is 19.3. The monoisotopic (exact) mass is 384 g/mol. The van der Waals surface area contributed by atoms with E-state index in [1.54, 1.807) is 36.4 Å². The number of H-pyrrole nitrogens is 1. The molecule has 7 heteroatoms. The summed E-state index contributed by atoms with van der Waals surface area (Å²) in [6.07, 6.45) is -0.0983. The number of hydrogen-bond donors (Lipinski definition) is 2. The van der Waals surface area contributed by atoms with Crippen molar-refractivity contribution in [3.63, 3.8) is 0 Å². The number of benzene rings is 2. The number of nitrogens with one attached hydrogen (secondary N) is 2. The summed E-state index contributed by atoms with van der Waals surface area (Å²) in [6, 6.07) is 17.9. The third-order valence-electron chi connectivity index (χ3n) is 4.15. The average Bonchev–Trinajstić information content (AvgIpc) is 2.62. The molecule has 3 rings (SSSR count). The topological polar surface area (TPSA) is 96.1 Å². The molecule has 27 heavy (non-hydrogen) atoms. The number of aromatic nitrogens is 1. The number of sulfone groups is 1. The number of rotatable bonds is 7. The highest BCUT2D eigenvalue weighted by molar-refractivity contribution is 7.90.